The van der Waals surface area contributed by atoms with Crippen LogP contribution in [0.4, 0.5) is 5.69 Å². The number of carbonyl (C=O) groups is 1. The number of hydrogen-bond donors (Lipinski definition) is 1. The Labute approximate surface area is 156 Å². The van der Waals surface area contributed by atoms with E-state index in [1.807, 2.05) is 6.07 Å². The summed E-state index contributed by atoms with van der Waals surface area (Å²) in [6.45, 7) is 4.86. The smallest absolute Gasteiger partial charge is 0.264 e. The second kappa shape index (κ2) is 9.38. The van der Waals surface area contributed by atoms with Gasteiger partial charge in [-0.1, -0.05) is 38.0 Å². The van der Waals surface area contributed by atoms with Gasteiger partial charge in [0.1, 0.15) is 0 Å². The van der Waals surface area contributed by atoms with Crippen LogP contribution in [0.25, 0.3) is 0 Å². The lowest BCUT2D eigenvalue weighted by Gasteiger charge is -2.23. The van der Waals surface area contributed by atoms with Crippen molar-refractivity contribution in [3.05, 3.63) is 60.2 Å². The molecule has 2 aromatic carbocycles. The molecule has 0 aliphatic carbocycles. The van der Waals surface area contributed by atoms with Gasteiger partial charge in [0.25, 0.3) is 15.9 Å². The van der Waals surface area contributed by atoms with Gasteiger partial charge in [-0.25, -0.2) is 8.42 Å². The maximum absolute atomic E-state index is 12.9. The molecular weight excluding hydrogens is 348 g/mol. The highest BCUT2D eigenvalue weighted by molar-refractivity contribution is 7.92. The largest absolute Gasteiger partial charge is 0.352 e. The summed E-state index contributed by atoms with van der Waals surface area (Å²) in [7, 11) is -3.67. The molecule has 2 rings (SSSR count). The van der Waals surface area contributed by atoms with E-state index in [0.29, 0.717) is 24.3 Å². The molecule has 140 valence electrons. The Morgan fingerprint density at radius 1 is 0.962 bits per heavy atom. The van der Waals surface area contributed by atoms with Crippen molar-refractivity contribution in [3.8, 4) is 0 Å². The quantitative estimate of drug-likeness (QED) is 0.679. The number of sulfonamides is 1. The molecule has 0 fully saturated rings. The normalized spacial score (nSPS) is 11.2. The molecule has 6 heteroatoms. The minimum Gasteiger partial charge on any atom is -0.352 e. The van der Waals surface area contributed by atoms with Gasteiger partial charge in [0, 0.05) is 18.7 Å². The van der Waals surface area contributed by atoms with Crippen molar-refractivity contribution >= 4 is 21.6 Å². The molecule has 2 aromatic rings. The highest BCUT2D eigenvalue weighted by atomic mass is 32.2. The molecule has 0 atom stereocenters. The van der Waals surface area contributed by atoms with Crippen LogP contribution in [0.15, 0.2) is 59.5 Å². The Bertz CT molecular complexity index is 803. The Kier molecular flexibility index (Phi) is 7.21. The van der Waals surface area contributed by atoms with Crippen molar-refractivity contribution < 1.29 is 13.2 Å². The Balaban J connectivity index is 2.14. The molecule has 0 aromatic heterocycles. The Hall–Kier alpha value is -2.34. The molecule has 0 spiro atoms. The van der Waals surface area contributed by atoms with Crippen LogP contribution in [0.2, 0.25) is 0 Å². The fourth-order valence-electron chi connectivity index (χ4n) is 2.67. The fourth-order valence-corrected chi connectivity index (χ4v) is 4.14. The van der Waals surface area contributed by atoms with Crippen molar-refractivity contribution in [1.82, 2.24) is 5.32 Å². The van der Waals surface area contributed by atoms with E-state index in [2.05, 4.69) is 12.2 Å². The van der Waals surface area contributed by atoms with E-state index in [-0.39, 0.29) is 10.8 Å². The first-order valence-corrected chi connectivity index (χ1v) is 10.4. The molecule has 0 radical (unpaired) electrons. The molecule has 1 N–H and O–H groups in total. The molecule has 0 unspecified atom stereocenters. The monoisotopic (exact) mass is 374 g/mol. The van der Waals surface area contributed by atoms with E-state index >= 15 is 0 Å². The minimum atomic E-state index is -3.67. The number of rotatable bonds is 9. The average Bonchev–Trinajstić information content (AvgIpc) is 2.66. The van der Waals surface area contributed by atoms with Gasteiger partial charge in [0.2, 0.25) is 0 Å². The van der Waals surface area contributed by atoms with Gasteiger partial charge < -0.3 is 5.32 Å². The van der Waals surface area contributed by atoms with Gasteiger partial charge in [-0.3, -0.25) is 9.10 Å². The number of nitrogens with zero attached hydrogens (tertiary/aromatic N) is 1. The lowest BCUT2D eigenvalue weighted by atomic mass is 10.2. The van der Waals surface area contributed by atoms with Crippen molar-refractivity contribution in [1.29, 1.82) is 0 Å². The molecule has 0 saturated heterocycles. The first kappa shape index (κ1) is 20.0. The van der Waals surface area contributed by atoms with Gasteiger partial charge in [-0.2, -0.15) is 0 Å². The van der Waals surface area contributed by atoms with Crippen LogP contribution in [-0.2, 0) is 10.0 Å². The fraction of sp³-hybridized carbons (Fsp3) is 0.350. The maximum atomic E-state index is 12.9. The lowest BCUT2D eigenvalue weighted by molar-refractivity contribution is 0.0953. The zero-order valence-electron chi connectivity index (χ0n) is 15.3. The summed E-state index contributed by atoms with van der Waals surface area (Å²) in [5.41, 5.74) is 1.08. The minimum absolute atomic E-state index is 0.172. The van der Waals surface area contributed by atoms with E-state index in [0.717, 1.165) is 19.3 Å². The van der Waals surface area contributed by atoms with Crippen LogP contribution in [0.1, 0.15) is 43.5 Å². The van der Waals surface area contributed by atoms with Crippen LogP contribution in [0.3, 0.4) is 0 Å². The van der Waals surface area contributed by atoms with Gasteiger partial charge in [-0.05, 0) is 49.7 Å². The van der Waals surface area contributed by atoms with Gasteiger partial charge in [0.05, 0.1) is 10.6 Å². The number of unbranched alkanes of at least 4 members (excludes halogenated alkanes) is 2. The Morgan fingerprint density at radius 2 is 1.62 bits per heavy atom. The van der Waals surface area contributed by atoms with Gasteiger partial charge in [-0.15, -0.1) is 0 Å². The van der Waals surface area contributed by atoms with Crippen molar-refractivity contribution in [2.24, 2.45) is 0 Å². The van der Waals surface area contributed by atoms with E-state index in [1.54, 1.807) is 43.3 Å². The molecule has 5 nitrogen and oxygen atoms in total. The first-order valence-electron chi connectivity index (χ1n) is 8.96. The highest BCUT2D eigenvalue weighted by Crippen LogP contribution is 2.23. The number of para-hydroxylation sites is 1. The third kappa shape index (κ3) is 4.85. The zero-order valence-corrected chi connectivity index (χ0v) is 16.1. The molecule has 26 heavy (non-hydrogen) atoms. The molecule has 0 saturated carbocycles. The van der Waals surface area contributed by atoms with Crippen molar-refractivity contribution in [2.45, 2.75) is 38.0 Å². The number of amides is 1. The predicted molar refractivity (Wildman–Crippen MR) is 105 cm³/mol. The SMILES string of the molecule is CCCCCNC(=O)c1ccc(S(=O)(=O)N(CC)c2ccccc2)cc1. The predicted octanol–water partition coefficient (Wildman–Crippen LogP) is 3.82. The average molecular weight is 375 g/mol. The van der Waals surface area contributed by atoms with Gasteiger partial charge >= 0.3 is 0 Å². The van der Waals surface area contributed by atoms with E-state index < -0.39 is 10.0 Å². The molecule has 0 heterocycles. The standard InChI is InChI=1S/C20H26N2O3S/c1-3-5-9-16-21-20(23)17-12-14-19(15-13-17)26(24,25)22(4-2)18-10-7-6-8-11-18/h6-8,10-15H,3-5,9,16H2,1-2H3,(H,21,23). The van der Waals surface area contributed by atoms with E-state index in [4.69, 9.17) is 0 Å². The van der Waals surface area contributed by atoms with Crippen LogP contribution in [-0.4, -0.2) is 27.4 Å². The number of hydrogen-bond acceptors (Lipinski definition) is 3. The van der Waals surface area contributed by atoms with Crippen molar-refractivity contribution in [3.63, 3.8) is 0 Å². The first-order chi connectivity index (χ1) is 12.5. The highest BCUT2D eigenvalue weighted by Gasteiger charge is 2.23. The number of benzene rings is 2. The maximum Gasteiger partial charge on any atom is 0.264 e. The van der Waals surface area contributed by atoms with Crippen LogP contribution >= 0.6 is 0 Å². The summed E-state index contributed by atoms with van der Waals surface area (Å²) in [6, 6.07) is 15.1. The molecule has 0 bridgehead atoms. The topological polar surface area (TPSA) is 66.5 Å². The van der Waals surface area contributed by atoms with Crippen LogP contribution < -0.4 is 9.62 Å². The molecule has 0 aliphatic rings. The second-order valence-corrected chi connectivity index (χ2v) is 7.86. The van der Waals surface area contributed by atoms with Gasteiger partial charge in [0.15, 0.2) is 0 Å². The van der Waals surface area contributed by atoms with Crippen molar-refractivity contribution in [2.75, 3.05) is 17.4 Å². The molecular formula is C20H26N2O3S. The zero-order chi connectivity index (χ0) is 19.0. The summed E-state index contributed by atoms with van der Waals surface area (Å²) < 4.78 is 27.2. The van der Waals surface area contributed by atoms with E-state index in [9.17, 15) is 13.2 Å². The molecule has 1 amide bonds. The van der Waals surface area contributed by atoms with E-state index in [1.165, 1.54) is 16.4 Å². The van der Waals surface area contributed by atoms with Crippen LogP contribution in [0, 0.1) is 0 Å². The summed E-state index contributed by atoms with van der Waals surface area (Å²) in [4.78, 5) is 12.3. The number of nitrogens with one attached hydrogen (secondary N) is 1. The number of anilines is 1. The summed E-state index contributed by atoms with van der Waals surface area (Å²) in [6.07, 6.45) is 3.11. The summed E-state index contributed by atoms with van der Waals surface area (Å²) >= 11 is 0. The second-order valence-electron chi connectivity index (χ2n) is 5.99. The third-order valence-electron chi connectivity index (χ3n) is 4.10. The summed E-state index contributed by atoms with van der Waals surface area (Å²) in [5, 5.41) is 2.85. The lowest BCUT2D eigenvalue weighted by Crippen LogP contribution is -2.30. The van der Waals surface area contributed by atoms with Crippen LogP contribution in [0.5, 0.6) is 0 Å². The summed E-state index contributed by atoms with van der Waals surface area (Å²) in [5.74, 6) is -0.180. The number of carbonyl (C=O) groups excluding carboxylic acids is 1. The third-order valence-corrected chi connectivity index (χ3v) is 6.02. The Morgan fingerprint density at radius 3 is 2.19 bits per heavy atom. The molecule has 0 aliphatic heterocycles.